The van der Waals surface area contributed by atoms with E-state index in [-0.39, 0.29) is 5.91 Å². The molecule has 3 heteroatoms. The topological polar surface area (TPSA) is 46.2 Å². The van der Waals surface area contributed by atoms with Gasteiger partial charge in [0.25, 0.3) is 0 Å². The zero-order valence-corrected chi connectivity index (χ0v) is 8.12. The van der Waals surface area contributed by atoms with Crippen LogP contribution in [0.2, 0.25) is 0 Å². The Morgan fingerprint density at radius 1 is 1.36 bits per heavy atom. The van der Waals surface area contributed by atoms with Crippen LogP contribution in [0.5, 0.6) is 0 Å². The lowest BCUT2D eigenvalue weighted by molar-refractivity contribution is -0.120. The average molecular weight is 191 g/mol. The van der Waals surface area contributed by atoms with Crippen LogP contribution in [0.4, 0.5) is 0 Å². The Labute approximate surface area is 83.1 Å². The molecule has 0 aliphatic heterocycles. The second kappa shape index (κ2) is 5.17. The standard InChI is InChI=1S/C11H13NO2/c1-2-12-11(14)7-9-3-5-10(8-13)6-4-9/h3-6,8H,2,7H2,1H3,(H,12,14). The first-order valence-corrected chi connectivity index (χ1v) is 4.57. The lowest BCUT2D eigenvalue weighted by Gasteiger charge is -2.01. The van der Waals surface area contributed by atoms with Crippen molar-refractivity contribution in [1.29, 1.82) is 0 Å². The number of carbonyl (C=O) groups excluding carboxylic acids is 2. The molecule has 14 heavy (non-hydrogen) atoms. The third kappa shape index (κ3) is 3.01. The van der Waals surface area contributed by atoms with E-state index < -0.39 is 0 Å². The van der Waals surface area contributed by atoms with Gasteiger partial charge in [0.05, 0.1) is 6.42 Å². The molecule has 0 fully saturated rings. The number of hydrogen-bond donors (Lipinski definition) is 1. The van der Waals surface area contributed by atoms with Gasteiger partial charge in [-0.3, -0.25) is 9.59 Å². The number of hydrogen-bond acceptors (Lipinski definition) is 2. The average Bonchev–Trinajstić information content (AvgIpc) is 2.19. The van der Waals surface area contributed by atoms with Crippen molar-refractivity contribution in [2.45, 2.75) is 13.3 Å². The van der Waals surface area contributed by atoms with Gasteiger partial charge in [-0.25, -0.2) is 0 Å². The first-order chi connectivity index (χ1) is 6.76. The maximum atomic E-state index is 11.2. The summed E-state index contributed by atoms with van der Waals surface area (Å²) in [6, 6.07) is 7.00. The minimum absolute atomic E-state index is 0.00588. The van der Waals surface area contributed by atoms with Gasteiger partial charge in [0.1, 0.15) is 6.29 Å². The number of aldehydes is 1. The van der Waals surface area contributed by atoms with E-state index in [4.69, 9.17) is 0 Å². The zero-order valence-electron chi connectivity index (χ0n) is 8.12. The fourth-order valence-electron chi connectivity index (χ4n) is 1.16. The van der Waals surface area contributed by atoms with Crippen LogP contribution in [-0.4, -0.2) is 18.7 Å². The highest BCUT2D eigenvalue weighted by atomic mass is 16.1. The van der Waals surface area contributed by atoms with E-state index in [1.54, 1.807) is 24.3 Å². The molecule has 0 bridgehead atoms. The SMILES string of the molecule is CCNC(=O)Cc1ccc(C=O)cc1. The smallest absolute Gasteiger partial charge is 0.224 e. The molecule has 0 saturated carbocycles. The Kier molecular flexibility index (Phi) is 3.85. The Bertz CT molecular complexity index is 317. The van der Waals surface area contributed by atoms with E-state index in [1.165, 1.54) is 0 Å². The summed E-state index contributed by atoms with van der Waals surface area (Å²) in [5.41, 5.74) is 1.55. The van der Waals surface area contributed by atoms with Crippen LogP contribution in [0.3, 0.4) is 0 Å². The molecule has 0 saturated heterocycles. The number of nitrogens with one attached hydrogen (secondary N) is 1. The molecule has 74 valence electrons. The molecule has 1 amide bonds. The van der Waals surface area contributed by atoms with Gasteiger partial charge in [-0.2, -0.15) is 0 Å². The minimum atomic E-state index is 0.00588. The third-order valence-corrected chi connectivity index (χ3v) is 1.85. The van der Waals surface area contributed by atoms with E-state index >= 15 is 0 Å². The van der Waals surface area contributed by atoms with Gasteiger partial charge in [-0.1, -0.05) is 24.3 Å². The second-order valence-corrected chi connectivity index (χ2v) is 2.99. The Morgan fingerprint density at radius 3 is 2.50 bits per heavy atom. The molecule has 0 unspecified atom stereocenters. The largest absolute Gasteiger partial charge is 0.356 e. The van der Waals surface area contributed by atoms with Crippen molar-refractivity contribution in [3.05, 3.63) is 35.4 Å². The summed E-state index contributed by atoms with van der Waals surface area (Å²) in [7, 11) is 0. The van der Waals surface area contributed by atoms with Crippen molar-refractivity contribution in [2.24, 2.45) is 0 Å². The van der Waals surface area contributed by atoms with Crippen LogP contribution in [0.1, 0.15) is 22.8 Å². The summed E-state index contributed by atoms with van der Waals surface area (Å²) >= 11 is 0. The van der Waals surface area contributed by atoms with Gasteiger partial charge in [0.15, 0.2) is 0 Å². The molecule has 0 radical (unpaired) electrons. The minimum Gasteiger partial charge on any atom is -0.356 e. The van der Waals surface area contributed by atoms with Crippen molar-refractivity contribution < 1.29 is 9.59 Å². The van der Waals surface area contributed by atoms with Crippen molar-refractivity contribution in [3.63, 3.8) is 0 Å². The second-order valence-electron chi connectivity index (χ2n) is 2.99. The predicted molar refractivity (Wildman–Crippen MR) is 54.2 cm³/mol. The van der Waals surface area contributed by atoms with Gasteiger partial charge in [0.2, 0.25) is 5.91 Å². The number of carbonyl (C=O) groups is 2. The highest BCUT2D eigenvalue weighted by Gasteiger charge is 2.00. The summed E-state index contributed by atoms with van der Waals surface area (Å²) in [5.74, 6) is 0.00588. The number of rotatable bonds is 4. The van der Waals surface area contributed by atoms with Crippen molar-refractivity contribution in [2.75, 3.05) is 6.54 Å². The molecular weight excluding hydrogens is 178 g/mol. The van der Waals surface area contributed by atoms with Gasteiger partial charge in [-0.15, -0.1) is 0 Å². The lowest BCUT2D eigenvalue weighted by Crippen LogP contribution is -2.24. The van der Waals surface area contributed by atoms with E-state index in [2.05, 4.69) is 5.32 Å². The Morgan fingerprint density at radius 2 is 2.00 bits per heavy atom. The normalized spacial score (nSPS) is 9.50. The van der Waals surface area contributed by atoms with Gasteiger partial charge in [-0.05, 0) is 12.5 Å². The highest BCUT2D eigenvalue weighted by Crippen LogP contribution is 2.03. The molecule has 3 nitrogen and oxygen atoms in total. The predicted octanol–water partition coefficient (Wildman–Crippen LogP) is 1.18. The maximum absolute atomic E-state index is 11.2. The maximum Gasteiger partial charge on any atom is 0.224 e. The molecule has 0 atom stereocenters. The fourth-order valence-corrected chi connectivity index (χ4v) is 1.16. The molecule has 1 N–H and O–H groups in total. The van der Waals surface area contributed by atoms with Crippen LogP contribution in [0.15, 0.2) is 24.3 Å². The lowest BCUT2D eigenvalue weighted by atomic mass is 10.1. The summed E-state index contributed by atoms with van der Waals surface area (Å²) in [5, 5.41) is 2.71. The first-order valence-electron chi connectivity index (χ1n) is 4.57. The summed E-state index contributed by atoms with van der Waals surface area (Å²) < 4.78 is 0. The molecule has 0 aromatic heterocycles. The summed E-state index contributed by atoms with van der Waals surface area (Å²) in [6.45, 7) is 2.53. The Balaban J connectivity index is 2.59. The van der Waals surface area contributed by atoms with Gasteiger partial charge < -0.3 is 5.32 Å². The quantitative estimate of drug-likeness (QED) is 0.726. The molecule has 1 rings (SSSR count). The van der Waals surface area contributed by atoms with Crippen molar-refractivity contribution in [3.8, 4) is 0 Å². The van der Waals surface area contributed by atoms with E-state index in [9.17, 15) is 9.59 Å². The van der Waals surface area contributed by atoms with Gasteiger partial charge in [0, 0.05) is 12.1 Å². The third-order valence-electron chi connectivity index (χ3n) is 1.85. The fraction of sp³-hybridized carbons (Fsp3) is 0.273. The summed E-state index contributed by atoms with van der Waals surface area (Å²) in [4.78, 5) is 21.5. The molecule has 1 aromatic carbocycles. The van der Waals surface area contributed by atoms with Crippen LogP contribution in [0.25, 0.3) is 0 Å². The molecule has 0 spiro atoms. The number of benzene rings is 1. The van der Waals surface area contributed by atoms with Crippen LogP contribution in [0, 0.1) is 0 Å². The first kappa shape index (κ1) is 10.4. The van der Waals surface area contributed by atoms with Crippen LogP contribution < -0.4 is 5.32 Å². The van der Waals surface area contributed by atoms with E-state index in [1.807, 2.05) is 6.92 Å². The van der Waals surface area contributed by atoms with Crippen LogP contribution in [-0.2, 0) is 11.2 Å². The van der Waals surface area contributed by atoms with E-state index in [0.29, 0.717) is 18.5 Å². The van der Waals surface area contributed by atoms with Crippen molar-refractivity contribution in [1.82, 2.24) is 5.32 Å². The molecule has 1 aromatic rings. The molecule has 0 heterocycles. The van der Waals surface area contributed by atoms with Gasteiger partial charge >= 0.3 is 0 Å². The van der Waals surface area contributed by atoms with Crippen LogP contribution >= 0.6 is 0 Å². The highest BCUT2D eigenvalue weighted by molar-refractivity contribution is 5.79. The Hall–Kier alpha value is -1.64. The molecular formula is C11H13NO2. The summed E-state index contributed by atoms with van der Waals surface area (Å²) in [6.07, 6.45) is 1.16. The molecule has 0 aliphatic rings. The number of likely N-dealkylation sites (N-methyl/N-ethyl adjacent to an activating group) is 1. The number of amides is 1. The zero-order chi connectivity index (χ0) is 10.4. The van der Waals surface area contributed by atoms with E-state index in [0.717, 1.165) is 11.8 Å². The van der Waals surface area contributed by atoms with Crippen molar-refractivity contribution >= 4 is 12.2 Å². The monoisotopic (exact) mass is 191 g/mol. The molecule has 0 aliphatic carbocycles.